The van der Waals surface area contributed by atoms with Crippen LogP contribution < -0.4 is 0 Å². The highest BCUT2D eigenvalue weighted by atomic mass is 19.2. The quantitative estimate of drug-likeness (QED) is 0.638. The Hall–Kier alpha value is -3.09. The van der Waals surface area contributed by atoms with E-state index in [1.165, 1.54) is 12.1 Å². The fraction of sp³-hybridized carbons (Fsp3) is 0.318. The number of nitrogens with zero attached hydrogens (tertiary/aromatic N) is 3. The highest BCUT2D eigenvalue weighted by Crippen LogP contribution is 2.29. The van der Waals surface area contributed by atoms with Crippen LogP contribution in [0.5, 0.6) is 0 Å². The van der Waals surface area contributed by atoms with Crippen LogP contribution >= 0.6 is 0 Å². The van der Waals surface area contributed by atoms with Crippen LogP contribution in [0.2, 0.25) is 0 Å². The van der Waals surface area contributed by atoms with Gasteiger partial charge in [-0.05, 0) is 41.8 Å². The summed E-state index contributed by atoms with van der Waals surface area (Å²) in [4.78, 5) is 19.3. The summed E-state index contributed by atoms with van der Waals surface area (Å²) in [6, 6.07) is 9.43. The van der Waals surface area contributed by atoms with E-state index >= 15 is 0 Å². The number of halogens is 2. The molecule has 0 atom stereocenters. The van der Waals surface area contributed by atoms with Crippen molar-refractivity contribution in [2.45, 2.75) is 39.2 Å². The standard InChI is InChI=1S/C22H21F2N3O2/c1-22(2,3)21-25-19(29-26-21)15-6-4-5-7-16(15)20(28)27-9-8-13-10-17(23)18(24)11-14(13)12-27/h4-7,10-11H,8-9,12H2,1-3H3. The van der Waals surface area contributed by atoms with Crippen LogP contribution in [0, 0.1) is 11.6 Å². The first-order chi connectivity index (χ1) is 13.7. The molecule has 7 heteroatoms. The van der Waals surface area contributed by atoms with E-state index in [9.17, 15) is 13.6 Å². The van der Waals surface area contributed by atoms with E-state index in [2.05, 4.69) is 10.1 Å². The molecule has 0 saturated heterocycles. The van der Waals surface area contributed by atoms with Crippen molar-refractivity contribution >= 4 is 5.91 Å². The Morgan fingerprint density at radius 3 is 2.48 bits per heavy atom. The average molecular weight is 397 g/mol. The number of benzene rings is 2. The summed E-state index contributed by atoms with van der Waals surface area (Å²) >= 11 is 0. The summed E-state index contributed by atoms with van der Waals surface area (Å²) in [5.41, 5.74) is 2.05. The van der Waals surface area contributed by atoms with Gasteiger partial charge in [-0.15, -0.1) is 0 Å². The molecule has 0 unspecified atom stereocenters. The number of carbonyl (C=O) groups excluding carboxylic acids is 1. The minimum atomic E-state index is -0.904. The maximum absolute atomic E-state index is 13.6. The average Bonchev–Trinajstić information content (AvgIpc) is 3.19. The number of amides is 1. The first-order valence-corrected chi connectivity index (χ1v) is 9.43. The Kier molecular flexibility index (Phi) is 4.68. The lowest BCUT2D eigenvalue weighted by Crippen LogP contribution is -2.36. The van der Waals surface area contributed by atoms with E-state index in [-0.39, 0.29) is 23.8 Å². The maximum Gasteiger partial charge on any atom is 0.258 e. The SMILES string of the molecule is CC(C)(C)c1noc(-c2ccccc2C(=O)N2CCc3cc(F)c(F)cc3C2)n1. The zero-order valence-electron chi connectivity index (χ0n) is 16.5. The summed E-state index contributed by atoms with van der Waals surface area (Å²) < 4.78 is 32.5. The molecule has 0 fully saturated rings. The van der Waals surface area contributed by atoms with Crippen LogP contribution in [0.3, 0.4) is 0 Å². The van der Waals surface area contributed by atoms with Gasteiger partial charge in [0.05, 0.1) is 11.1 Å². The molecule has 0 spiro atoms. The lowest BCUT2D eigenvalue weighted by atomic mass is 9.96. The Bertz CT molecular complexity index is 1090. The van der Waals surface area contributed by atoms with Gasteiger partial charge < -0.3 is 9.42 Å². The largest absolute Gasteiger partial charge is 0.334 e. The normalized spacial score (nSPS) is 14.0. The smallest absolute Gasteiger partial charge is 0.258 e. The fourth-order valence-corrected chi connectivity index (χ4v) is 3.39. The van der Waals surface area contributed by atoms with E-state index < -0.39 is 11.6 Å². The monoisotopic (exact) mass is 397 g/mol. The third-order valence-electron chi connectivity index (χ3n) is 5.03. The summed E-state index contributed by atoms with van der Waals surface area (Å²) in [6.45, 7) is 6.57. The summed E-state index contributed by atoms with van der Waals surface area (Å²) in [5.74, 6) is -1.14. The van der Waals surface area contributed by atoms with Gasteiger partial charge >= 0.3 is 0 Å². The van der Waals surface area contributed by atoms with Gasteiger partial charge in [-0.2, -0.15) is 4.98 Å². The molecule has 0 aliphatic carbocycles. The fourth-order valence-electron chi connectivity index (χ4n) is 3.39. The van der Waals surface area contributed by atoms with E-state index in [4.69, 9.17) is 4.52 Å². The Labute approximate surface area is 167 Å². The van der Waals surface area contributed by atoms with E-state index in [1.54, 1.807) is 29.2 Å². The van der Waals surface area contributed by atoms with Gasteiger partial charge in [-0.1, -0.05) is 38.1 Å². The van der Waals surface area contributed by atoms with Crippen LogP contribution in [-0.2, 0) is 18.4 Å². The molecule has 3 aromatic rings. The number of hydrogen-bond donors (Lipinski definition) is 0. The summed E-state index contributed by atoms with van der Waals surface area (Å²) in [5, 5.41) is 4.04. The summed E-state index contributed by atoms with van der Waals surface area (Å²) in [6.07, 6.45) is 0.467. The van der Waals surface area contributed by atoms with Crippen molar-refractivity contribution in [1.82, 2.24) is 15.0 Å². The molecule has 0 N–H and O–H groups in total. The zero-order chi connectivity index (χ0) is 20.8. The second kappa shape index (κ2) is 7.06. The molecule has 29 heavy (non-hydrogen) atoms. The molecular formula is C22H21F2N3O2. The molecule has 2 heterocycles. The van der Waals surface area contributed by atoms with Gasteiger partial charge in [0.1, 0.15) is 0 Å². The van der Waals surface area contributed by atoms with E-state index in [0.717, 1.165) is 5.56 Å². The summed E-state index contributed by atoms with van der Waals surface area (Å²) in [7, 11) is 0. The Balaban J connectivity index is 1.65. The van der Waals surface area contributed by atoms with Gasteiger partial charge in [0.2, 0.25) is 0 Å². The van der Waals surface area contributed by atoms with E-state index in [1.807, 2.05) is 20.8 Å². The van der Waals surface area contributed by atoms with Crippen molar-refractivity contribution in [1.29, 1.82) is 0 Å². The number of fused-ring (bicyclic) bond motifs is 1. The topological polar surface area (TPSA) is 59.2 Å². The second-order valence-corrected chi connectivity index (χ2v) is 8.23. The number of carbonyl (C=O) groups is 1. The van der Waals surface area contributed by atoms with Crippen molar-refractivity contribution in [2.24, 2.45) is 0 Å². The second-order valence-electron chi connectivity index (χ2n) is 8.23. The van der Waals surface area contributed by atoms with Gasteiger partial charge in [0, 0.05) is 18.5 Å². The zero-order valence-corrected chi connectivity index (χ0v) is 16.5. The molecule has 0 bridgehead atoms. The highest BCUT2D eigenvalue weighted by Gasteiger charge is 2.27. The van der Waals surface area contributed by atoms with Crippen LogP contribution in [0.1, 0.15) is 48.1 Å². The van der Waals surface area contributed by atoms with Crippen LogP contribution in [0.25, 0.3) is 11.5 Å². The lowest BCUT2D eigenvalue weighted by molar-refractivity contribution is 0.0734. The molecule has 1 aliphatic rings. The maximum atomic E-state index is 13.6. The van der Waals surface area contributed by atoms with Gasteiger partial charge in [-0.3, -0.25) is 4.79 Å². The van der Waals surface area contributed by atoms with Crippen molar-refractivity contribution in [3.05, 3.63) is 70.5 Å². The number of rotatable bonds is 2. The number of hydrogen-bond acceptors (Lipinski definition) is 4. The Morgan fingerprint density at radius 1 is 1.10 bits per heavy atom. The molecule has 1 amide bonds. The van der Waals surface area contributed by atoms with Crippen LogP contribution in [0.4, 0.5) is 8.78 Å². The van der Waals surface area contributed by atoms with Crippen molar-refractivity contribution in [3.8, 4) is 11.5 Å². The number of aromatic nitrogens is 2. The predicted octanol–water partition coefficient (Wildman–Crippen LogP) is 4.51. The minimum Gasteiger partial charge on any atom is -0.334 e. The van der Waals surface area contributed by atoms with Gasteiger partial charge in [0.15, 0.2) is 17.5 Å². The first-order valence-electron chi connectivity index (χ1n) is 9.43. The third-order valence-corrected chi connectivity index (χ3v) is 5.03. The van der Waals surface area contributed by atoms with Crippen molar-refractivity contribution in [3.63, 3.8) is 0 Å². The van der Waals surface area contributed by atoms with Gasteiger partial charge in [-0.25, -0.2) is 8.78 Å². The lowest BCUT2D eigenvalue weighted by Gasteiger charge is -2.29. The molecule has 1 aromatic heterocycles. The van der Waals surface area contributed by atoms with E-state index in [0.29, 0.717) is 35.5 Å². The van der Waals surface area contributed by atoms with Crippen LogP contribution in [0.15, 0.2) is 40.9 Å². The molecular weight excluding hydrogens is 376 g/mol. The van der Waals surface area contributed by atoms with Gasteiger partial charge in [0.25, 0.3) is 11.8 Å². The molecule has 0 saturated carbocycles. The molecule has 5 nitrogen and oxygen atoms in total. The van der Waals surface area contributed by atoms with Crippen molar-refractivity contribution in [2.75, 3.05) is 6.54 Å². The molecule has 150 valence electrons. The molecule has 4 rings (SSSR count). The highest BCUT2D eigenvalue weighted by molar-refractivity contribution is 6.00. The molecule has 0 radical (unpaired) electrons. The minimum absolute atomic E-state index is 0.216. The third kappa shape index (κ3) is 3.64. The predicted molar refractivity (Wildman–Crippen MR) is 103 cm³/mol. The van der Waals surface area contributed by atoms with Crippen LogP contribution in [-0.4, -0.2) is 27.5 Å². The molecule has 2 aromatic carbocycles. The van der Waals surface area contributed by atoms with Crippen molar-refractivity contribution < 1.29 is 18.1 Å². The first kappa shape index (κ1) is 19.2. The Morgan fingerprint density at radius 2 is 1.79 bits per heavy atom. The molecule has 1 aliphatic heterocycles.